The zero-order valence-electron chi connectivity index (χ0n) is 54.7. The molecule has 0 radical (unpaired) electrons. The minimum Gasteiger partial charge on any atom is -0.247 e. The van der Waals surface area contributed by atoms with Gasteiger partial charge in [0.25, 0.3) is 0 Å². The zero-order valence-corrected chi connectivity index (χ0v) is 56.4. The lowest BCUT2D eigenvalue weighted by atomic mass is 9.93. The predicted octanol–water partition coefficient (Wildman–Crippen LogP) is 24.6. The first-order valence-corrected chi connectivity index (χ1v) is 35.6. The van der Waals surface area contributed by atoms with E-state index in [0.717, 1.165) is 72.3 Å². The number of nitrogens with zero attached hydrogens (tertiary/aromatic N) is 8. The van der Waals surface area contributed by atoms with Gasteiger partial charge in [0, 0.05) is 95.6 Å². The number of rotatable bonds is 10. The van der Waals surface area contributed by atoms with Gasteiger partial charge in [0.2, 0.25) is 0 Å². The number of hydrogen-bond donors (Lipinski definition) is 0. The van der Waals surface area contributed by atoms with E-state index in [4.69, 9.17) is 39.9 Å². The molecule has 6 heterocycles. The Balaban J connectivity index is 0.000000141. The molecule has 0 bridgehead atoms. The third-order valence-corrected chi connectivity index (χ3v) is 21.4. The Kier molecular flexibility index (Phi) is 15.1. The molecule has 0 atom stereocenters. The molecule has 0 amide bonds. The van der Waals surface area contributed by atoms with Crippen LogP contribution in [0.4, 0.5) is 0 Å². The summed E-state index contributed by atoms with van der Waals surface area (Å²) >= 11 is 3.68. The largest absolute Gasteiger partial charge is 0.247 e. The second kappa shape index (κ2) is 25.6. The van der Waals surface area contributed by atoms with E-state index in [9.17, 15) is 0 Å². The van der Waals surface area contributed by atoms with Crippen LogP contribution in [0.2, 0.25) is 0 Å². The smallest absolute Gasteiger partial charge is 0.164 e. The van der Waals surface area contributed by atoms with Crippen LogP contribution in [-0.2, 0) is 0 Å². The molecular formula is C92H56N8S2. The normalized spacial score (nSPS) is 11.5. The summed E-state index contributed by atoms with van der Waals surface area (Å²) in [6.07, 6.45) is 0. The fourth-order valence-electron chi connectivity index (χ4n) is 14.2. The molecule has 0 unspecified atom stereocenters. The molecule has 20 rings (SSSR count). The number of fused-ring (bicyclic) bond motifs is 12. The topological polar surface area (TPSA) is 103 Å². The molecule has 0 aliphatic heterocycles. The van der Waals surface area contributed by atoms with Gasteiger partial charge in [0.15, 0.2) is 34.9 Å². The van der Waals surface area contributed by atoms with Crippen molar-refractivity contribution in [3.05, 3.63) is 340 Å². The highest BCUT2D eigenvalue weighted by Gasteiger charge is 2.23. The Labute approximate surface area is 595 Å². The van der Waals surface area contributed by atoms with Crippen molar-refractivity contribution in [1.82, 2.24) is 39.9 Å². The van der Waals surface area contributed by atoms with Crippen molar-refractivity contribution in [2.24, 2.45) is 0 Å². The summed E-state index contributed by atoms with van der Waals surface area (Å²) in [7, 11) is 0. The van der Waals surface area contributed by atoms with Crippen molar-refractivity contribution in [1.29, 1.82) is 0 Å². The van der Waals surface area contributed by atoms with Gasteiger partial charge in [-0.15, -0.1) is 22.7 Å². The fourth-order valence-corrected chi connectivity index (χ4v) is 16.7. The molecule has 0 fully saturated rings. The molecule has 0 spiro atoms. The molecule has 20 aromatic rings. The van der Waals surface area contributed by atoms with E-state index in [-0.39, 0.29) is 0 Å². The summed E-state index contributed by atoms with van der Waals surface area (Å²) in [5.74, 6) is 3.83. The molecule has 0 aliphatic carbocycles. The Morgan fingerprint density at radius 1 is 0.186 bits per heavy atom. The van der Waals surface area contributed by atoms with E-state index in [1.54, 1.807) is 0 Å². The lowest BCUT2D eigenvalue weighted by molar-refractivity contribution is 1.07. The van der Waals surface area contributed by atoms with Crippen molar-refractivity contribution in [3.63, 3.8) is 0 Å². The lowest BCUT2D eigenvalue weighted by Crippen LogP contribution is -2.00. The highest BCUT2D eigenvalue weighted by Crippen LogP contribution is 2.48. The minimum absolute atomic E-state index is 0.622. The average Bonchev–Trinajstić information content (AvgIpc) is 1.55. The van der Waals surface area contributed by atoms with Crippen molar-refractivity contribution < 1.29 is 0 Å². The summed E-state index contributed by atoms with van der Waals surface area (Å²) in [4.78, 5) is 40.5. The number of thiophene rings is 2. The molecular weight excluding hydrogens is 1280 g/mol. The number of hydrogen-bond acceptors (Lipinski definition) is 10. The molecule has 476 valence electrons. The number of aromatic nitrogens is 8. The second-order valence-corrected chi connectivity index (χ2v) is 27.3. The highest BCUT2D eigenvalue weighted by atomic mass is 32.1. The first kappa shape index (κ1) is 60.1. The van der Waals surface area contributed by atoms with Crippen molar-refractivity contribution in [2.45, 2.75) is 0 Å². The highest BCUT2D eigenvalue weighted by molar-refractivity contribution is 7.27. The molecule has 0 aliphatic rings. The quantitative estimate of drug-likeness (QED) is 0.133. The maximum atomic E-state index is 5.44. The van der Waals surface area contributed by atoms with Crippen LogP contribution >= 0.6 is 22.7 Å². The molecule has 8 nitrogen and oxygen atoms in total. The number of benzene rings is 14. The van der Waals surface area contributed by atoms with Gasteiger partial charge in [-0.3, -0.25) is 0 Å². The summed E-state index contributed by atoms with van der Waals surface area (Å²) in [5.41, 5.74) is 16.4. The van der Waals surface area contributed by atoms with Gasteiger partial charge >= 0.3 is 0 Å². The standard InChI is InChI=1S/2C46H28N4S/c1-3-14-30(15-4-1)44-48-45(31-16-5-2-6-17-31)50-46(49-44)34-20-11-19-33(27-34)42-41-37-22-9-10-24-40(37)51-43(41)38-28-32(25-26-39(38)47-42)36-23-12-18-29-13-7-8-21-35(29)36;1-3-14-31(15-4-1)44-48-45(32-16-5-2-6-17-32)50-46(49-44)33-27-25-30(26-28-33)42-41-37-20-9-10-24-39(37)51-43(41)40-36(22-12-23-38(40)47-42)35-21-11-18-29-13-7-8-19-34(29)35/h2*1-28H. The van der Waals surface area contributed by atoms with Crippen molar-refractivity contribution in [3.8, 4) is 113 Å². The molecule has 10 heteroatoms. The van der Waals surface area contributed by atoms with Gasteiger partial charge in [-0.1, -0.05) is 303 Å². The van der Waals surface area contributed by atoms with Crippen LogP contribution in [0, 0.1) is 0 Å². The van der Waals surface area contributed by atoms with Crippen LogP contribution in [0.5, 0.6) is 0 Å². The lowest BCUT2D eigenvalue weighted by Gasteiger charge is -2.13. The Hall–Kier alpha value is -13.1. The Morgan fingerprint density at radius 2 is 0.549 bits per heavy atom. The fraction of sp³-hybridized carbons (Fsp3) is 0. The van der Waals surface area contributed by atoms with Crippen LogP contribution in [0.25, 0.3) is 197 Å². The zero-order chi connectivity index (χ0) is 67.5. The monoisotopic (exact) mass is 1340 g/mol. The third kappa shape index (κ3) is 11.0. The molecule has 0 saturated heterocycles. The maximum Gasteiger partial charge on any atom is 0.164 e. The summed E-state index contributed by atoms with van der Waals surface area (Å²) < 4.78 is 4.98. The maximum absolute atomic E-state index is 5.44. The van der Waals surface area contributed by atoms with E-state index < -0.39 is 0 Å². The second-order valence-electron chi connectivity index (χ2n) is 25.2. The van der Waals surface area contributed by atoms with Crippen LogP contribution < -0.4 is 0 Å². The summed E-state index contributed by atoms with van der Waals surface area (Å²) in [5, 5.41) is 12.1. The van der Waals surface area contributed by atoms with Crippen LogP contribution in [0.1, 0.15) is 0 Å². The molecule has 6 aromatic heterocycles. The van der Waals surface area contributed by atoms with E-state index in [1.165, 1.54) is 89.5 Å². The van der Waals surface area contributed by atoms with E-state index >= 15 is 0 Å². The van der Waals surface area contributed by atoms with Gasteiger partial charge in [0.05, 0.1) is 22.4 Å². The SMILES string of the molecule is c1ccc(-c2nc(-c3ccccc3)nc(-c3ccc(-c4nc5cccc(-c6cccc7ccccc67)c5c5sc6ccccc6c45)cc3)n2)cc1.c1ccc(-c2nc(-c3ccccc3)nc(-c3cccc(-c4nc5ccc(-c6cccc7ccccc67)cc5c5sc6ccccc6c45)c3)n2)cc1. The van der Waals surface area contributed by atoms with Crippen LogP contribution in [0.15, 0.2) is 340 Å². The third-order valence-electron chi connectivity index (χ3n) is 19.0. The van der Waals surface area contributed by atoms with Crippen molar-refractivity contribution in [2.75, 3.05) is 0 Å². The van der Waals surface area contributed by atoms with E-state index in [2.05, 4.69) is 218 Å². The van der Waals surface area contributed by atoms with Crippen LogP contribution in [0.3, 0.4) is 0 Å². The van der Waals surface area contributed by atoms with Gasteiger partial charge < -0.3 is 0 Å². The molecule has 0 saturated carbocycles. The summed E-state index contributed by atoms with van der Waals surface area (Å²) in [6.45, 7) is 0. The first-order chi connectivity index (χ1) is 50.5. The first-order valence-electron chi connectivity index (χ1n) is 34.0. The predicted molar refractivity (Wildman–Crippen MR) is 425 cm³/mol. The van der Waals surface area contributed by atoms with Crippen molar-refractivity contribution >= 4 is 106 Å². The minimum atomic E-state index is 0.622. The van der Waals surface area contributed by atoms with Gasteiger partial charge in [-0.05, 0) is 80.2 Å². The van der Waals surface area contributed by atoms with Crippen LogP contribution in [-0.4, -0.2) is 39.9 Å². The molecule has 14 aromatic carbocycles. The molecule has 102 heavy (non-hydrogen) atoms. The van der Waals surface area contributed by atoms with Gasteiger partial charge in [-0.2, -0.15) is 0 Å². The molecule has 0 N–H and O–H groups in total. The average molecular weight is 1340 g/mol. The van der Waals surface area contributed by atoms with E-state index in [1.807, 2.05) is 144 Å². The van der Waals surface area contributed by atoms with Gasteiger partial charge in [0.1, 0.15) is 0 Å². The summed E-state index contributed by atoms with van der Waals surface area (Å²) in [6, 6.07) is 118. The van der Waals surface area contributed by atoms with E-state index in [0.29, 0.717) is 34.9 Å². The van der Waals surface area contributed by atoms with Gasteiger partial charge in [-0.25, -0.2) is 39.9 Å². The number of pyridine rings is 2. The Bertz CT molecular complexity index is 6500. The Morgan fingerprint density at radius 3 is 1.11 bits per heavy atom.